The van der Waals surface area contributed by atoms with Crippen LogP contribution in [0.5, 0.6) is 0 Å². The van der Waals surface area contributed by atoms with Gasteiger partial charge in [-0.05, 0) is 18.7 Å². The molecular formula is C17H23N5O. The van der Waals surface area contributed by atoms with E-state index in [1.807, 2.05) is 29.6 Å². The SMILES string of the molecule is CC(=O)N1Cc2nccn2CC(CN(C)Cc2cccnc2)C1. The number of pyridine rings is 1. The minimum atomic E-state index is 0.112. The van der Waals surface area contributed by atoms with Crippen molar-refractivity contribution in [2.75, 3.05) is 20.1 Å². The number of hydrogen-bond acceptors (Lipinski definition) is 4. The first-order valence-corrected chi connectivity index (χ1v) is 7.95. The standard InChI is InChI=1S/C17H23N5O/c1-14(23)22-12-16(11-21-7-6-19-17(21)13-22)10-20(2)9-15-4-3-5-18-8-15/h3-8,16H,9-13H2,1-2H3. The normalized spacial score (nSPS) is 17.9. The van der Waals surface area contributed by atoms with Crippen molar-refractivity contribution < 1.29 is 4.79 Å². The summed E-state index contributed by atoms with van der Waals surface area (Å²) in [4.78, 5) is 24.6. The van der Waals surface area contributed by atoms with Crippen molar-refractivity contribution in [1.29, 1.82) is 0 Å². The number of rotatable bonds is 4. The fourth-order valence-corrected chi connectivity index (χ4v) is 3.20. The van der Waals surface area contributed by atoms with Crippen LogP contribution in [0.2, 0.25) is 0 Å². The van der Waals surface area contributed by atoms with Crippen molar-refractivity contribution >= 4 is 5.91 Å². The molecule has 0 N–H and O–H groups in total. The van der Waals surface area contributed by atoms with E-state index < -0.39 is 0 Å². The third-order valence-corrected chi connectivity index (χ3v) is 4.26. The number of carbonyl (C=O) groups is 1. The summed E-state index contributed by atoms with van der Waals surface area (Å²) < 4.78 is 2.17. The van der Waals surface area contributed by atoms with Gasteiger partial charge in [-0.1, -0.05) is 6.07 Å². The predicted molar refractivity (Wildman–Crippen MR) is 87.4 cm³/mol. The highest BCUT2D eigenvalue weighted by Crippen LogP contribution is 2.17. The molecule has 0 spiro atoms. The van der Waals surface area contributed by atoms with E-state index in [1.54, 1.807) is 13.1 Å². The molecule has 0 bridgehead atoms. The molecule has 6 nitrogen and oxygen atoms in total. The van der Waals surface area contributed by atoms with Crippen LogP contribution in [0.1, 0.15) is 18.3 Å². The maximum atomic E-state index is 11.9. The summed E-state index contributed by atoms with van der Waals surface area (Å²) in [5.74, 6) is 1.47. The highest BCUT2D eigenvalue weighted by atomic mass is 16.2. The van der Waals surface area contributed by atoms with Crippen LogP contribution in [0.4, 0.5) is 0 Å². The molecule has 23 heavy (non-hydrogen) atoms. The lowest BCUT2D eigenvalue weighted by molar-refractivity contribution is -0.130. The fraction of sp³-hybridized carbons (Fsp3) is 0.471. The van der Waals surface area contributed by atoms with E-state index in [2.05, 4.69) is 32.5 Å². The van der Waals surface area contributed by atoms with E-state index in [9.17, 15) is 4.79 Å². The van der Waals surface area contributed by atoms with Crippen molar-refractivity contribution in [3.63, 3.8) is 0 Å². The molecule has 1 unspecified atom stereocenters. The first-order valence-electron chi connectivity index (χ1n) is 7.95. The summed E-state index contributed by atoms with van der Waals surface area (Å²) >= 11 is 0. The summed E-state index contributed by atoms with van der Waals surface area (Å²) in [6, 6.07) is 4.05. The van der Waals surface area contributed by atoms with E-state index >= 15 is 0 Å². The number of nitrogens with zero attached hydrogens (tertiary/aromatic N) is 5. The fourth-order valence-electron chi connectivity index (χ4n) is 3.20. The van der Waals surface area contributed by atoms with Gasteiger partial charge in [-0.2, -0.15) is 0 Å². The van der Waals surface area contributed by atoms with Gasteiger partial charge in [0.2, 0.25) is 5.91 Å². The third-order valence-electron chi connectivity index (χ3n) is 4.26. The Bertz CT molecular complexity index is 654. The van der Waals surface area contributed by atoms with Gasteiger partial charge in [-0.3, -0.25) is 9.78 Å². The molecule has 2 aromatic heterocycles. The number of fused-ring (bicyclic) bond motifs is 1. The highest BCUT2D eigenvalue weighted by molar-refractivity contribution is 5.73. The second-order valence-corrected chi connectivity index (χ2v) is 6.32. The van der Waals surface area contributed by atoms with Crippen molar-refractivity contribution in [1.82, 2.24) is 24.3 Å². The van der Waals surface area contributed by atoms with Gasteiger partial charge in [-0.25, -0.2) is 4.98 Å². The van der Waals surface area contributed by atoms with E-state index in [1.165, 1.54) is 5.56 Å². The molecule has 2 aromatic rings. The quantitative estimate of drug-likeness (QED) is 0.856. The molecular weight excluding hydrogens is 290 g/mol. The van der Waals surface area contributed by atoms with Gasteiger partial charge >= 0.3 is 0 Å². The smallest absolute Gasteiger partial charge is 0.219 e. The number of hydrogen-bond donors (Lipinski definition) is 0. The van der Waals surface area contributed by atoms with Gasteiger partial charge in [-0.15, -0.1) is 0 Å². The van der Waals surface area contributed by atoms with Crippen LogP contribution in [0.15, 0.2) is 36.9 Å². The maximum Gasteiger partial charge on any atom is 0.219 e. The Hall–Kier alpha value is -2.21. The van der Waals surface area contributed by atoms with Gasteiger partial charge in [0.05, 0.1) is 6.54 Å². The minimum absolute atomic E-state index is 0.112. The molecule has 0 saturated carbocycles. The van der Waals surface area contributed by atoms with Crippen LogP contribution in [0, 0.1) is 5.92 Å². The molecule has 3 rings (SSSR count). The number of aromatic nitrogens is 3. The molecule has 6 heteroatoms. The monoisotopic (exact) mass is 313 g/mol. The Morgan fingerprint density at radius 3 is 3.00 bits per heavy atom. The average Bonchev–Trinajstić information content (AvgIpc) is 2.87. The maximum absolute atomic E-state index is 11.9. The van der Waals surface area contributed by atoms with Crippen LogP contribution >= 0.6 is 0 Å². The van der Waals surface area contributed by atoms with E-state index in [-0.39, 0.29) is 5.91 Å². The van der Waals surface area contributed by atoms with Crippen molar-refractivity contribution in [2.24, 2.45) is 5.92 Å². The highest BCUT2D eigenvalue weighted by Gasteiger charge is 2.24. The summed E-state index contributed by atoms with van der Waals surface area (Å²) in [5.41, 5.74) is 1.20. The Morgan fingerprint density at radius 1 is 1.39 bits per heavy atom. The van der Waals surface area contributed by atoms with Crippen molar-refractivity contribution in [3.8, 4) is 0 Å². The Kier molecular flexibility index (Phi) is 4.71. The van der Waals surface area contributed by atoms with Crippen LogP contribution < -0.4 is 0 Å². The number of imidazole rings is 1. The summed E-state index contributed by atoms with van der Waals surface area (Å²) in [6.07, 6.45) is 7.52. The minimum Gasteiger partial charge on any atom is -0.335 e. The summed E-state index contributed by atoms with van der Waals surface area (Å²) in [7, 11) is 2.12. The number of amides is 1. The van der Waals surface area contributed by atoms with Crippen LogP contribution in [0.3, 0.4) is 0 Å². The van der Waals surface area contributed by atoms with Gasteiger partial charge in [0.25, 0.3) is 0 Å². The molecule has 1 aliphatic heterocycles. The zero-order valence-electron chi connectivity index (χ0n) is 13.7. The van der Waals surface area contributed by atoms with Gasteiger partial charge in [0, 0.05) is 63.8 Å². The van der Waals surface area contributed by atoms with Gasteiger partial charge < -0.3 is 14.4 Å². The predicted octanol–water partition coefficient (Wildman–Crippen LogP) is 1.39. The lowest BCUT2D eigenvalue weighted by Gasteiger charge is -2.26. The molecule has 1 amide bonds. The van der Waals surface area contributed by atoms with Crippen LogP contribution in [0.25, 0.3) is 0 Å². The molecule has 1 atom stereocenters. The third kappa shape index (κ3) is 3.96. The summed E-state index contributed by atoms with van der Waals surface area (Å²) in [5, 5.41) is 0. The van der Waals surface area contributed by atoms with Gasteiger partial charge in [0.1, 0.15) is 5.82 Å². The molecule has 122 valence electrons. The Morgan fingerprint density at radius 2 is 2.26 bits per heavy atom. The lowest BCUT2D eigenvalue weighted by Crippen LogP contribution is -2.37. The second-order valence-electron chi connectivity index (χ2n) is 6.32. The van der Waals surface area contributed by atoms with Crippen LogP contribution in [-0.2, 0) is 24.4 Å². The topological polar surface area (TPSA) is 54.3 Å². The second kappa shape index (κ2) is 6.91. The molecule has 0 saturated heterocycles. The Labute approximate surface area is 136 Å². The Balaban J connectivity index is 1.67. The van der Waals surface area contributed by atoms with E-state index in [0.29, 0.717) is 12.5 Å². The zero-order valence-corrected chi connectivity index (χ0v) is 13.7. The molecule has 0 fully saturated rings. The van der Waals surface area contributed by atoms with Gasteiger partial charge in [0.15, 0.2) is 0 Å². The summed E-state index contributed by atoms with van der Waals surface area (Å²) in [6.45, 7) is 5.70. The first kappa shape index (κ1) is 15.7. The largest absolute Gasteiger partial charge is 0.335 e. The molecule has 3 heterocycles. The van der Waals surface area contributed by atoms with E-state index in [4.69, 9.17) is 0 Å². The van der Waals surface area contributed by atoms with E-state index in [0.717, 1.165) is 32.0 Å². The van der Waals surface area contributed by atoms with Crippen molar-refractivity contribution in [2.45, 2.75) is 26.6 Å². The zero-order chi connectivity index (χ0) is 16.2. The lowest BCUT2D eigenvalue weighted by atomic mass is 10.1. The first-order chi connectivity index (χ1) is 11.1. The molecule has 0 radical (unpaired) electrons. The molecule has 1 aliphatic rings. The van der Waals surface area contributed by atoms with Crippen molar-refractivity contribution in [3.05, 3.63) is 48.3 Å². The van der Waals surface area contributed by atoms with Crippen LogP contribution in [-0.4, -0.2) is 50.4 Å². The number of carbonyl (C=O) groups excluding carboxylic acids is 1. The molecule has 0 aromatic carbocycles. The average molecular weight is 313 g/mol. The molecule has 0 aliphatic carbocycles.